The van der Waals surface area contributed by atoms with E-state index in [9.17, 15) is 4.79 Å². The second-order valence-electron chi connectivity index (χ2n) is 8.87. The summed E-state index contributed by atoms with van der Waals surface area (Å²) in [6.45, 7) is 1.69. The molecule has 6 rings (SSSR count). The van der Waals surface area contributed by atoms with Crippen molar-refractivity contribution in [1.29, 1.82) is 0 Å². The molecule has 4 N–H and O–H groups in total. The molecule has 0 saturated carbocycles. The number of nitrogens with one attached hydrogen (secondary N) is 2. The number of rotatable bonds is 3. The zero-order valence-corrected chi connectivity index (χ0v) is 20.0. The monoisotopic (exact) mass is 505 g/mol. The predicted molar refractivity (Wildman–Crippen MR) is 134 cm³/mol. The minimum atomic E-state index is -0.723. The highest BCUT2D eigenvalue weighted by molar-refractivity contribution is 6.30. The summed E-state index contributed by atoms with van der Waals surface area (Å²) < 4.78 is 17.5. The van der Waals surface area contributed by atoms with Gasteiger partial charge >= 0.3 is 0 Å². The predicted octanol–water partition coefficient (Wildman–Crippen LogP) is 3.79. The molecule has 2 aromatic heterocycles. The van der Waals surface area contributed by atoms with Gasteiger partial charge in [0.05, 0.1) is 30.4 Å². The molecule has 1 aromatic carbocycles. The molecule has 9 nitrogen and oxygen atoms in total. The summed E-state index contributed by atoms with van der Waals surface area (Å²) in [6, 6.07) is 10.8. The molecule has 0 radical (unpaired) electrons. The van der Waals surface area contributed by atoms with E-state index in [1.807, 2.05) is 18.3 Å². The van der Waals surface area contributed by atoms with Gasteiger partial charge in [-0.2, -0.15) is 0 Å². The van der Waals surface area contributed by atoms with Crippen LogP contribution in [0.4, 0.5) is 5.69 Å². The number of benzene rings is 1. The Morgan fingerprint density at radius 2 is 2.06 bits per heavy atom. The van der Waals surface area contributed by atoms with Crippen molar-refractivity contribution < 1.29 is 19.0 Å². The van der Waals surface area contributed by atoms with Gasteiger partial charge < -0.3 is 19.5 Å². The van der Waals surface area contributed by atoms with Crippen LogP contribution in [-0.4, -0.2) is 42.0 Å². The largest absolute Gasteiger partial charge is 0.438 e. The molecule has 5 heterocycles. The third-order valence-corrected chi connectivity index (χ3v) is 6.84. The number of ether oxygens (including phenoxy) is 3. The first-order valence-electron chi connectivity index (χ1n) is 11.7. The van der Waals surface area contributed by atoms with E-state index in [0.717, 1.165) is 35.3 Å². The van der Waals surface area contributed by atoms with Crippen molar-refractivity contribution in [2.24, 2.45) is 5.73 Å². The van der Waals surface area contributed by atoms with Crippen molar-refractivity contribution in [2.45, 2.75) is 24.7 Å². The Morgan fingerprint density at radius 1 is 1.14 bits per heavy atom. The van der Waals surface area contributed by atoms with Crippen LogP contribution in [0.25, 0.3) is 5.57 Å². The number of fused-ring (bicyclic) bond motifs is 4. The van der Waals surface area contributed by atoms with Gasteiger partial charge in [0.25, 0.3) is 5.91 Å². The molecule has 1 amide bonds. The lowest BCUT2D eigenvalue weighted by Gasteiger charge is -2.45. The molecular weight excluding hydrogens is 482 g/mol. The third-order valence-electron chi connectivity index (χ3n) is 6.62. The molecule has 2 unspecified atom stereocenters. The molecule has 2 atom stereocenters. The molecule has 0 aliphatic carbocycles. The van der Waals surface area contributed by atoms with Crippen LogP contribution in [0.1, 0.15) is 40.0 Å². The van der Waals surface area contributed by atoms with Crippen LogP contribution < -0.4 is 21.1 Å². The van der Waals surface area contributed by atoms with Gasteiger partial charge in [-0.3, -0.25) is 15.8 Å². The molecule has 1 spiro atoms. The Hall–Kier alpha value is -3.34. The molecule has 3 aliphatic rings. The Bertz CT molecular complexity index is 1360. The minimum absolute atomic E-state index is 0.261. The number of amides is 1. The van der Waals surface area contributed by atoms with E-state index < -0.39 is 11.9 Å². The van der Waals surface area contributed by atoms with Crippen LogP contribution in [0.2, 0.25) is 5.02 Å². The van der Waals surface area contributed by atoms with Crippen molar-refractivity contribution >= 4 is 28.8 Å². The fourth-order valence-corrected chi connectivity index (χ4v) is 4.99. The first kappa shape index (κ1) is 23.1. The van der Waals surface area contributed by atoms with Crippen LogP contribution in [-0.2, 0) is 15.0 Å². The van der Waals surface area contributed by atoms with Crippen LogP contribution in [0.3, 0.4) is 0 Å². The summed E-state index contributed by atoms with van der Waals surface area (Å²) >= 11 is 5.90. The molecule has 10 heteroatoms. The lowest BCUT2D eigenvalue weighted by molar-refractivity contribution is -0.0375. The molecular formula is C26H24ClN5O4. The maximum absolute atomic E-state index is 12.8. The summed E-state index contributed by atoms with van der Waals surface area (Å²) in [6.07, 6.45) is 6.20. The molecule has 0 bridgehead atoms. The van der Waals surface area contributed by atoms with Gasteiger partial charge in [-0.1, -0.05) is 17.7 Å². The van der Waals surface area contributed by atoms with Crippen molar-refractivity contribution in [1.82, 2.24) is 15.3 Å². The molecule has 1 fully saturated rings. The number of hydrogen-bond acceptors (Lipinski definition) is 8. The van der Waals surface area contributed by atoms with E-state index in [1.165, 1.54) is 6.20 Å². The summed E-state index contributed by atoms with van der Waals surface area (Å²) in [4.78, 5) is 21.6. The van der Waals surface area contributed by atoms with E-state index in [2.05, 4.69) is 32.7 Å². The van der Waals surface area contributed by atoms with E-state index in [1.54, 1.807) is 18.2 Å². The summed E-state index contributed by atoms with van der Waals surface area (Å²) in [5, 5.41) is 6.82. The number of nitrogens with zero attached hydrogens (tertiary/aromatic N) is 2. The number of carbonyl (C=O) groups is 1. The van der Waals surface area contributed by atoms with E-state index >= 15 is 0 Å². The molecule has 1 saturated heterocycles. The summed E-state index contributed by atoms with van der Waals surface area (Å²) in [7, 11) is 0. The fraction of sp³-hybridized carbons (Fsp3) is 0.269. The van der Waals surface area contributed by atoms with Crippen molar-refractivity contribution in [3.63, 3.8) is 0 Å². The Labute approximate surface area is 212 Å². The number of aromatic nitrogens is 2. The minimum Gasteiger partial charge on any atom is -0.438 e. The van der Waals surface area contributed by atoms with Gasteiger partial charge in [-0.05, 0) is 60.4 Å². The fourth-order valence-electron chi connectivity index (χ4n) is 4.88. The van der Waals surface area contributed by atoms with Crippen molar-refractivity contribution in [3.05, 3.63) is 82.3 Å². The van der Waals surface area contributed by atoms with Crippen LogP contribution in [0.15, 0.2) is 54.9 Å². The smallest absolute Gasteiger partial charge is 0.274 e. The van der Waals surface area contributed by atoms with E-state index in [4.69, 9.17) is 31.5 Å². The van der Waals surface area contributed by atoms with Crippen LogP contribution >= 0.6 is 11.6 Å². The number of carbonyl (C=O) groups excluding carboxylic acids is 1. The molecule has 36 heavy (non-hydrogen) atoms. The SMILES string of the molecule is NC1NC2(CCO1)c1cc(NC(=O)c3ccc(Cl)cn3)ccc1Oc1ncc(C3=CCCOC3)cc12. The second-order valence-corrected chi connectivity index (χ2v) is 9.30. The maximum atomic E-state index is 12.8. The Morgan fingerprint density at radius 3 is 2.83 bits per heavy atom. The van der Waals surface area contributed by atoms with Gasteiger partial charge in [0.15, 0.2) is 6.35 Å². The first-order valence-corrected chi connectivity index (χ1v) is 12.1. The van der Waals surface area contributed by atoms with Gasteiger partial charge in [0.2, 0.25) is 5.88 Å². The van der Waals surface area contributed by atoms with Gasteiger partial charge in [0, 0.05) is 29.2 Å². The quantitative estimate of drug-likeness (QED) is 0.491. The maximum Gasteiger partial charge on any atom is 0.274 e. The number of hydrogen-bond donors (Lipinski definition) is 3. The molecule has 3 aliphatic heterocycles. The number of halogens is 1. The van der Waals surface area contributed by atoms with Crippen molar-refractivity contribution in [3.8, 4) is 11.6 Å². The normalized spacial score (nSPS) is 22.7. The topological polar surface area (TPSA) is 121 Å². The Balaban J connectivity index is 1.41. The highest BCUT2D eigenvalue weighted by atomic mass is 35.5. The molecule has 184 valence electrons. The van der Waals surface area contributed by atoms with Gasteiger partial charge in [0.1, 0.15) is 11.4 Å². The summed E-state index contributed by atoms with van der Waals surface area (Å²) in [5.74, 6) is 0.794. The lowest BCUT2D eigenvalue weighted by Crippen LogP contribution is -2.58. The average Bonchev–Trinajstić information content (AvgIpc) is 2.90. The second kappa shape index (κ2) is 9.27. The summed E-state index contributed by atoms with van der Waals surface area (Å²) in [5.41, 5.74) is 10.1. The lowest BCUT2D eigenvalue weighted by atomic mass is 9.77. The van der Waals surface area contributed by atoms with Crippen molar-refractivity contribution in [2.75, 3.05) is 25.1 Å². The highest BCUT2D eigenvalue weighted by Gasteiger charge is 2.46. The Kier molecular flexibility index (Phi) is 5.94. The van der Waals surface area contributed by atoms with Gasteiger partial charge in [-0.25, -0.2) is 9.97 Å². The number of anilines is 1. The third kappa shape index (κ3) is 4.15. The van der Waals surface area contributed by atoms with E-state index in [-0.39, 0.29) is 11.6 Å². The number of pyridine rings is 2. The average molecular weight is 506 g/mol. The van der Waals surface area contributed by atoms with Crippen LogP contribution in [0.5, 0.6) is 11.6 Å². The van der Waals surface area contributed by atoms with Crippen LogP contribution in [0, 0.1) is 0 Å². The van der Waals surface area contributed by atoms with E-state index in [0.29, 0.717) is 42.0 Å². The zero-order valence-electron chi connectivity index (χ0n) is 19.3. The first-order chi connectivity index (χ1) is 17.5. The number of nitrogens with two attached hydrogens (primary N) is 1. The highest BCUT2D eigenvalue weighted by Crippen LogP contribution is 2.50. The molecule has 3 aromatic rings. The zero-order chi connectivity index (χ0) is 24.7. The standard InChI is InChI=1S/C26H24ClN5O4/c27-17-3-5-21(29-13-17)23(33)31-18-4-6-22-19(11-18)26(7-9-35-25(28)32-26)20-10-16(12-30-24(20)36-22)15-2-1-8-34-14-15/h2-6,10-13,25,32H,1,7-9,14,28H2,(H,31,33). The van der Waals surface area contributed by atoms with Gasteiger partial charge in [-0.15, -0.1) is 0 Å².